The Morgan fingerprint density at radius 3 is 2.39 bits per heavy atom. The number of carbonyl (C=O) groups is 4. The largest absolute Gasteiger partial charge is 0.355 e. The van der Waals surface area contributed by atoms with E-state index in [1.807, 2.05) is 0 Å². The quantitative estimate of drug-likeness (QED) is 0.220. The summed E-state index contributed by atoms with van der Waals surface area (Å²) in [6.45, 7) is 2.94. The number of anilines is 1. The topological polar surface area (TPSA) is 177 Å². The van der Waals surface area contributed by atoms with Crippen molar-refractivity contribution >= 4 is 53.1 Å². The van der Waals surface area contributed by atoms with Gasteiger partial charge in [-0.3, -0.25) is 14.2 Å². The molecule has 12 nitrogen and oxygen atoms in total. The van der Waals surface area contributed by atoms with Crippen LogP contribution in [0.3, 0.4) is 0 Å². The average molecular weight is 520 g/mol. The lowest BCUT2D eigenvalue weighted by Crippen LogP contribution is -2.55. The maximum Gasteiger partial charge on any atom is 0.344 e. The molecule has 1 saturated heterocycles. The van der Waals surface area contributed by atoms with E-state index >= 15 is 0 Å². The third-order valence-corrected chi connectivity index (χ3v) is 5.92. The van der Waals surface area contributed by atoms with Crippen LogP contribution in [-0.4, -0.2) is 56.9 Å². The summed E-state index contributed by atoms with van der Waals surface area (Å²) in [5, 5.41) is 7.75. The lowest BCUT2D eigenvalue weighted by Gasteiger charge is -2.30. The maximum absolute atomic E-state index is 13.0. The molecule has 1 atom stereocenters. The molecule has 0 spiro atoms. The Hall–Kier alpha value is -2.47. The molecule has 0 radical (unpaired) electrons. The standard InChI is InChI=1S/C17H23BrN5O7P/c1-10(2)17(9-13(24)19-7-8-31(28,29)30)14(25)23(16(27)21-17)22-15(26)20-12-5-3-11(18)4-6-12/h3-6,10H,7-9H2,1-2H3,(H,19,24)(H,21,27)(H2,20,22,26)(H2,28,29,30). The van der Waals surface area contributed by atoms with Crippen molar-refractivity contribution in [2.75, 3.05) is 18.0 Å². The van der Waals surface area contributed by atoms with E-state index in [0.29, 0.717) is 10.7 Å². The molecule has 1 fully saturated rings. The van der Waals surface area contributed by atoms with Crippen molar-refractivity contribution < 1.29 is 33.5 Å². The Balaban J connectivity index is 2.06. The van der Waals surface area contributed by atoms with E-state index in [1.54, 1.807) is 38.1 Å². The lowest BCUT2D eigenvalue weighted by molar-refractivity contribution is -0.138. The van der Waals surface area contributed by atoms with Gasteiger partial charge in [0.1, 0.15) is 5.54 Å². The molecule has 0 bridgehead atoms. The molecule has 1 aliphatic heterocycles. The van der Waals surface area contributed by atoms with Crippen molar-refractivity contribution in [1.82, 2.24) is 21.1 Å². The van der Waals surface area contributed by atoms with Gasteiger partial charge in [0.2, 0.25) is 5.91 Å². The molecular formula is C17H23BrN5O7P. The SMILES string of the molecule is CC(C)C1(CC(=O)NCCP(=O)(O)O)NC(=O)N(NC(=O)Nc2ccc(Br)cc2)C1=O. The first kappa shape index (κ1) is 24.8. The molecule has 2 rings (SSSR count). The van der Waals surface area contributed by atoms with Crippen LogP contribution < -0.4 is 21.4 Å². The Kier molecular flexibility index (Phi) is 7.82. The summed E-state index contributed by atoms with van der Waals surface area (Å²) >= 11 is 3.26. The molecule has 6 amide bonds. The highest BCUT2D eigenvalue weighted by molar-refractivity contribution is 9.10. The van der Waals surface area contributed by atoms with Gasteiger partial charge >= 0.3 is 19.7 Å². The van der Waals surface area contributed by atoms with Gasteiger partial charge in [0.05, 0.1) is 12.6 Å². The highest BCUT2D eigenvalue weighted by Gasteiger charge is 2.55. The fourth-order valence-corrected chi connectivity index (χ4v) is 3.53. The van der Waals surface area contributed by atoms with Crippen LogP contribution in [0.4, 0.5) is 15.3 Å². The lowest BCUT2D eigenvalue weighted by atomic mass is 9.83. The average Bonchev–Trinajstić information content (AvgIpc) is 2.87. The Bertz CT molecular complexity index is 920. The third-order valence-electron chi connectivity index (χ3n) is 4.58. The summed E-state index contributed by atoms with van der Waals surface area (Å²) in [7, 11) is -4.29. The number of urea groups is 2. The van der Waals surface area contributed by atoms with Crippen LogP contribution in [0.15, 0.2) is 28.7 Å². The van der Waals surface area contributed by atoms with Crippen molar-refractivity contribution in [3.8, 4) is 0 Å². The van der Waals surface area contributed by atoms with Crippen molar-refractivity contribution in [1.29, 1.82) is 0 Å². The molecule has 31 heavy (non-hydrogen) atoms. The first-order valence-electron chi connectivity index (χ1n) is 9.15. The summed E-state index contributed by atoms with van der Waals surface area (Å²) in [6, 6.07) is 4.85. The molecule has 0 saturated carbocycles. The maximum atomic E-state index is 13.0. The minimum absolute atomic E-state index is 0.295. The van der Waals surface area contributed by atoms with Gasteiger partial charge in [0, 0.05) is 16.7 Å². The van der Waals surface area contributed by atoms with Crippen molar-refractivity contribution in [2.24, 2.45) is 5.92 Å². The van der Waals surface area contributed by atoms with Crippen LogP contribution in [0, 0.1) is 5.92 Å². The van der Waals surface area contributed by atoms with Crippen LogP contribution in [0.2, 0.25) is 0 Å². The van der Waals surface area contributed by atoms with Crippen LogP contribution in [0.25, 0.3) is 0 Å². The minimum atomic E-state index is -4.29. The van der Waals surface area contributed by atoms with Gasteiger partial charge in [-0.1, -0.05) is 29.8 Å². The van der Waals surface area contributed by atoms with E-state index in [-0.39, 0.29) is 6.54 Å². The van der Waals surface area contributed by atoms with Crippen LogP contribution >= 0.6 is 23.5 Å². The second kappa shape index (κ2) is 9.77. The van der Waals surface area contributed by atoms with E-state index in [1.165, 1.54) is 0 Å². The molecule has 14 heteroatoms. The second-order valence-electron chi connectivity index (χ2n) is 7.18. The Morgan fingerprint density at radius 1 is 1.23 bits per heavy atom. The van der Waals surface area contributed by atoms with Gasteiger partial charge in [0.15, 0.2) is 0 Å². The molecule has 1 aliphatic rings. The molecule has 6 N–H and O–H groups in total. The fourth-order valence-electron chi connectivity index (χ4n) is 2.86. The number of benzene rings is 1. The smallest absolute Gasteiger partial charge is 0.344 e. The summed E-state index contributed by atoms with van der Waals surface area (Å²) in [5.74, 6) is -2.04. The number of nitrogens with zero attached hydrogens (tertiary/aromatic N) is 1. The van der Waals surface area contributed by atoms with E-state index in [2.05, 4.69) is 37.3 Å². The molecule has 1 heterocycles. The van der Waals surface area contributed by atoms with Crippen LogP contribution in [-0.2, 0) is 14.2 Å². The van der Waals surface area contributed by atoms with E-state index in [4.69, 9.17) is 9.79 Å². The second-order valence-corrected chi connectivity index (χ2v) is 9.88. The highest BCUT2D eigenvalue weighted by atomic mass is 79.9. The van der Waals surface area contributed by atoms with Gasteiger partial charge in [-0.2, -0.15) is 5.01 Å². The van der Waals surface area contributed by atoms with Crippen LogP contribution in [0.5, 0.6) is 0 Å². The third kappa shape index (κ3) is 6.50. The molecule has 170 valence electrons. The number of rotatable bonds is 8. The zero-order valence-electron chi connectivity index (χ0n) is 16.7. The van der Waals surface area contributed by atoms with Gasteiger partial charge in [-0.25, -0.2) is 15.0 Å². The van der Waals surface area contributed by atoms with E-state index in [9.17, 15) is 23.7 Å². The monoisotopic (exact) mass is 519 g/mol. The molecule has 1 aromatic rings. The summed E-state index contributed by atoms with van der Waals surface area (Å²) in [4.78, 5) is 67.5. The number of hydrogen-bond donors (Lipinski definition) is 6. The zero-order valence-corrected chi connectivity index (χ0v) is 19.2. The molecule has 1 aromatic carbocycles. The highest BCUT2D eigenvalue weighted by Crippen LogP contribution is 2.33. The number of hydrazine groups is 1. The molecule has 1 unspecified atom stereocenters. The van der Waals surface area contributed by atoms with E-state index < -0.39 is 55.5 Å². The number of carbonyl (C=O) groups excluding carboxylic acids is 4. The van der Waals surface area contributed by atoms with Gasteiger partial charge in [-0.05, 0) is 30.2 Å². The number of halogens is 1. The minimum Gasteiger partial charge on any atom is -0.355 e. The van der Waals surface area contributed by atoms with Crippen molar-refractivity contribution in [3.05, 3.63) is 28.7 Å². The van der Waals surface area contributed by atoms with Gasteiger partial charge in [-0.15, -0.1) is 0 Å². The number of hydrogen-bond acceptors (Lipinski definition) is 5. The first-order chi connectivity index (χ1) is 14.3. The normalized spacial score (nSPS) is 18.7. The zero-order chi connectivity index (χ0) is 23.4. The molecule has 0 aromatic heterocycles. The number of imide groups is 1. The first-order valence-corrected chi connectivity index (χ1v) is 11.7. The predicted molar refractivity (Wildman–Crippen MR) is 114 cm³/mol. The summed E-state index contributed by atoms with van der Waals surface area (Å²) in [6.07, 6.45) is -1.03. The predicted octanol–water partition coefficient (Wildman–Crippen LogP) is 1.12. The Morgan fingerprint density at radius 2 is 1.84 bits per heavy atom. The number of amides is 6. The number of nitrogens with one attached hydrogen (secondary N) is 4. The summed E-state index contributed by atoms with van der Waals surface area (Å²) < 4.78 is 11.7. The van der Waals surface area contributed by atoms with E-state index in [0.717, 1.165) is 4.47 Å². The van der Waals surface area contributed by atoms with Gasteiger partial charge < -0.3 is 25.7 Å². The van der Waals surface area contributed by atoms with Gasteiger partial charge in [0.25, 0.3) is 5.91 Å². The molecule has 0 aliphatic carbocycles. The van der Waals surface area contributed by atoms with Crippen LogP contribution in [0.1, 0.15) is 20.3 Å². The van der Waals surface area contributed by atoms with Crippen molar-refractivity contribution in [3.63, 3.8) is 0 Å². The summed E-state index contributed by atoms with van der Waals surface area (Å²) in [5.41, 5.74) is 0.955. The Labute approximate surface area is 186 Å². The fraction of sp³-hybridized carbons (Fsp3) is 0.412. The van der Waals surface area contributed by atoms with Crippen molar-refractivity contribution in [2.45, 2.75) is 25.8 Å². The molecular weight excluding hydrogens is 497 g/mol.